The third-order valence-electron chi connectivity index (χ3n) is 2.15. The average molecular weight is 235 g/mol. The van der Waals surface area contributed by atoms with Gasteiger partial charge in [0.15, 0.2) is 0 Å². The number of anilines is 1. The molecule has 0 fully saturated rings. The van der Waals surface area contributed by atoms with Gasteiger partial charge in [0, 0.05) is 12.6 Å². The van der Waals surface area contributed by atoms with E-state index in [1.165, 1.54) is 18.9 Å². The first-order valence-corrected chi connectivity index (χ1v) is 6.42. The lowest BCUT2D eigenvalue weighted by Gasteiger charge is -2.08. The van der Waals surface area contributed by atoms with Gasteiger partial charge in [-0.3, -0.25) is 4.79 Å². The topological polar surface area (TPSA) is 29.1 Å². The predicted octanol–water partition coefficient (Wildman–Crippen LogP) is 4.32. The Hall–Kier alpha value is -1.31. The fourth-order valence-corrected chi connectivity index (χ4v) is 1.44. The highest BCUT2D eigenvalue weighted by Crippen LogP contribution is 2.17. The van der Waals surface area contributed by atoms with Crippen LogP contribution in [-0.4, -0.2) is 5.91 Å². The predicted molar refractivity (Wildman–Crippen MR) is 75.4 cm³/mol. The van der Waals surface area contributed by atoms with Crippen LogP contribution in [0.2, 0.25) is 0 Å². The maximum absolute atomic E-state index is 10.9. The van der Waals surface area contributed by atoms with E-state index < -0.39 is 0 Å². The summed E-state index contributed by atoms with van der Waals surface area (Å²) in [4.78, 5) is 10.9. The van der Waals surface area contributed by atoms with E-state index in [0.29, 0.717) is 0 Å². The van der Waals surface area contributed by atoms with E-state index in [-0.39, 0.29) is 5.91 Å². The number of hydrogen-bond acceptors (Lipinski definition) is 1. The van der Waals surface area contributed by atoms with Crippen molar-refractivity contribution in [2.24, 2.45) is 0 Å². The number of amides is 1. The van der Waals surface area contributed by atoms with E-state index in [1.54, 1.807) is 0 Å². The van der Waals surface area contributed by atoms with Gasteiger partial charge in [0.25, 0.3) is 0 Å². The van der Waals surface area contributed by atoms with E-state index in [9.17, 15) is 4.79 Å². The zero-order chi connectivity index (χ0) is 13.3. The SMILES string of the molecule is CCC.CCCc1ccc(C)c(NC(C)=O)c1. The second kappa shape index (κ2) is 8.80. The lowest BCUT2D eigenvalue weighted by atomic mass is 10.1. The molecule has 0 aliphatic carbocycles. The largest absolute Gasteiger partial charge is 0.326 e. The van der Waals surface area contributed by atoms with Crippen LogP contribution < -0.4 is 5.32 Å². The van der Waals surface area contributed by atoms with Crippen molar-refractivity contribution in [3.63, 3.8) is 0 Å². The molecule has 17 heavy (non-hydrogen) atoms. The Balaban J connectivity index is 0.000000770. The molecule has 1 rings (SSSR count). The van der Waals surface area contributed by atoms with E-state index in [4.69, 9.17) is 0 Å². The Bertz CT molecular complexity index is 345. The molecule has 0 aliphatic rings. The number of hydrogen-bond donors (Lipinski definition) is 1. The number of aryl methyl sites for hydroxylation is 2. The lowest BCUT2D eigenvalue weighted by molar-refractivity contribution is -0.114. The summed E-state index contributed by atoms with van der Waals surface area (Å²) in [6.45, 7) is 9.94. The maximum atomic E-state index is 10.9. The molecule has 1 aromatic carbocycles. The fourth-order valence-electron chi connectivity index (χ4n) is 1.44. The summed E-state index contributed by atoms with van der Waals surface area (Å²) >= 11 is 0. The molecule has 0 atom stereocenters. The highest BCUT2D eigenvalue weighted by molar-refractivity contribution is 5.89. The summed E-state index contributed by atoms with van der Waals surface area (Å²) in [6, 6.07) is 6.22. The summed E-state index contributed by atoms with van der Waals surface area (Å²) in [5.41, 5.74) is 3.32. The van der Waals surface area contributed by atoms with Gasteiger partial charge in [0.05, 0.1) is 0 Å². The normalized spacial score (nSPS) is 9.24. The van der Waals surface area contributed by atoms with Crippen LogP contribution in [0.25, 0.3) is 0 Å². The van der Waals surface area contributed by atoms with Crippen LogP contribution in [0.5, 0.6) is 0 Å². The minimum absolute atomic E-state index is 0.0123. The van der Waals surface area contributed by atoms with Crippen molar-refractivity contribution in [2.45, 2.75) is 53.9 Å². The van der Waals surface area contributed by atoms with Gasteiger partial charge in [-0.05, 0) is 30.5 Å². The zero-order valence-corrected chi connectivity index (χ0v) is 11.8. The van der Waals surface area contributed by atoms with Crippen LogP contribution in [0.1, 0.15) is 51.7 Å². The average Bonchev–Trinajstić information content (AvgIpc) is 2.24. The highest BCUT2D eigenvalue weighted by atomic mass is 16.1. The Morgan fingerprint density at radius 2 is 1.82 bits per heavy atom. The van der Waals surface area contributed by atoms with Crippen molar-refractivity contribution in [1.29, 1.82) is 0 Å². The molecule has 1 amide bonds. The smallest absolute Gasteiger partial charge is 0.221 e. The third-order valence-corrected chi connectivity index (χ3v) is 2.15. The van der Waals surface area contributed by atoms with Gasteiger partial charge in [-0.2, -0.15) is 0 Å². The van der Waals surface area contributed by atoms with Crippen molar-refractivity contribution < 1.29 is 4.79 Å². The van der Waals surface area contributed by atoms with Crippen LogP contribution in [0, 0.1) is 6.92 Å². The van der Waals surface area contributed by atoms with Crippen molar-refractivity contribution in [1.82, 2.24) is 0 Å². The number of benzene rings is 1. The monoisotopic (exact) mass is 235 g/mol. The molecule has 0 unspecified atom stereocenters. The molecule has 0 spiro atoms. The van der Waals surface area contributed by atoms with Gasteiger partial charge >= 0.3 is 0 Å². The minimum atomic E-state index is -0.0123. The molecule has 0 radical (unpaired) electrons. The summed E-state index contributed by atoms with van der Waals surface area (Å²) < 4.78 is 0. The Kier molecular flexibility index (Phi) is 8.12. The molecule has 96 valence electrons. The van der Waals surface area contributed by atoms with Gasteiger partial charge < -0.3 is 5.32 Å². The van der Waals surface area contributed by atoms with Gasteiger partial charge in [-0.15, -0.1) is 0 Å². The van der Waals surface area contributed by atoms with Crippen molar-refractivity contribution in [3.8, 4) is 0 Å². The summed E-state index contributed by atoms with van der Waals surface area (Å²) in [5.74, 6) is -0.0123. The molecule has 0 heterocycles. The van der Waals surface area contributed by atoms with Gasteiger partial charge in [0.2, 0.25) is 5.91 Å². The standard InChI is InChI=1S/C12H17NO.C3H8/c1-4-5-11-7-6-9(2)12(8-11)13-10(3)14;1-3-2/h6-8H,4-5H2,1-3H3,(H,13,14);3H2,1-2H3. The Morgan fingerprint density at radius 1 is 1.24 bits per heavy atom. The van der Waals surface area contributed by atoms with Gasteiger partial charge in [0.1, 0.15) is 0 Å². The first kappa shape index (κ1) is 15.7. The number of nitrogens with one attached hydrogen (secondary N) is 1. The molecule has 0 aliphatic heterocycles. The van der Waals surface area contributed by atoms with E-state index in [2.05, 4.69) is 44.3 Å². The van der Waals surface area contributed by atoms with Crippen LogP contribution in [0.3, 0.4) is 0 Å². The van der Waals surface area contributed by atoms with Crippen molar-refractivity contribution >= 4 is 11.6 Å². The minimum Gasteiger partial charge on any atom is -0.326 e. The molecule has 2 heteroatoms. The highest BCUT2D eigenvalue weighted by Gasteiger charge is 2.01. The maximum Gasteiger partial charge on any atom is 0.221 e. The summed E-state index contributed by atoms with van der Waals surface area (Å²) in [7, 11) is 0. The van der Waals surface area contributed by atoms with Crippen molar-refractivity contribution in [2.75, 3.05) is 5.32 Å². The first-order chi connectivity index (χ1) is 8.04. The van der Waals surface area contributed by atoms with E-state index >= 15 is 0 Å². The summed E-state index contributed by atoms with van der Waals surface area (Å²) in [5, 5.41) is 2.83. The summed E-state index contributed by atoms with van der Waals surface area (Å²) in [6.07, 6.45) is 3.44. The van der Waals surface area contributed by atoms with Crippen LogP contribution in [0.15, 0.2) is 18.2 Å². The Labute approximate surface area is 105 Å². The second-order valence-electron chi connectivity index (χ2n) is 4.29. The van der Waals surface area contributed by atoms with Gasteiger partial charge in [-0.1, -0.05) is 45.7 Å². The second-order valence-corrected chi connectivity index (χ2v) is 4.29. The van der Waals surface area contributed by atoms with Crippen LogP contribution in [-0.2, 0) is 11.2 Å². The molecule has 1 N–H and O–H groups in total. The van der Waals surface area contributed by atoms with Crippen LogP contribution >= 0.6 is 0 Å². The quantitative estimate of drug-likeness (QED) is 0.830. The zero-order valence-electron chi connectivity index (χ0n) is 11.8. The first-order valence-electron chi connectivity index (χ1n) is 6.42. The van der Waals surface area contributed by atoms with Gasteiger partial charge in [-0.25, -0.2) is 0 Å². The molecule has 0 saturated heterocycles. The molecule has 0 bridgehead atoms. The fraction of sp³-hybridized carbons (Fsp3) is 0.533. The molecular weight excluding hydrogens is 210 g/mol. The Morgan fingerprint density at radius 3 is 2.29 bits per heavy atom. The number of carbonyl (C=O) groups is 1. The molecule has 0 aromatic heterocycles. The molecule has 2 nitrogen and oxygen atoms in total. The van der Waals surface area contributed by atoms with E-state index in [0.717, 1.165) is 24.1 Å². The number of carbonyl (C=O) groups excluding carboxylic acids is 1. The lowest BCUT2D eigenvalue weighted by Crippen LogP contribution is -2.07. The van der Waals surface area contributed by atoms with Crippen LogP contribution in [0.4, 0.5) is 5.69 Å². The molecule has 1 aromatic rings. The number of rotatable bonds is 3. The van der Waals surface area contributed by atoms with E-state index in [1.807, 2.05) is 6.92 Å². The van der Waals surface area contributed by atoms with Crippen molar-refractivity contribution in [3.05, 3.63) is 29.3 Å². The third kappa shape index (κ3) is 6.77. The molecule has 0 saturated carbocycles. The molecular formula is C15H25NO.